The van der Waals surface area contributed by atoms with Crippen LogP contribution in [0.15, 0.2) is 22.5 Å². The van der Waals surface area contributed by atoms with Crippen LogP contribution in [0.4, 0.5) is 0 Å². The second-order valence-corrected chi connectivity index (χ2v) is 7.65. The van der Waals surface area contributed by atoms with E-state index in [1.807, 2.05) is 18.0 Å². The molecule has 1 heterocycles. The Kier molecular flexibility index (Phi) is 9.39. The van der Waals surface area contributed by atoms with Gasteiger partial charge in [-0.2, -0.15) is 0 Å². The highest BCUT2D eigenvalue weighted by Crippen LogP contribution is 2.09. The predicted molar refractivity (Wildman–Crippen MR) is 97.1 cm³/mol. The Bertz CT molecular complexity index is 501. The first-order valence-electron chi connectivity index (χ1n) is 6.04. The Morgan fingerprint density at radius 3 is 2.70 bits per heavy atom. The Labute approximate surface area is 142 Å². The van der Waals surface area contributed by atoms with Crippen LogP contribution in [0, 0.1) is 0 Å². The highest BCUT2D eigenvalue weighted by Gasteiger charge is 2.07. The number of halogens is 1. The highest BCUT2D eigenvalue weighted by atomic mass is 127. The monoisotopic (exact) mass is 431 g/mol. The molecule has 0 atom stereocenters. The number of hydrogen-bond acceptors (Lipinski definition) is 4. The van der Waals surface area contributed by atoms with Gasteiger partial charge in [0, 0.05) is 38.3 Å². The van der Waals surface area contributed by atoms with Gasteiger partial charge in [-0.25, -0.2) is 8.42 Å². The molecular weight excluding hydrogens is 409 g/mol. The number of aliphatic imine (C=N–C) groups is 1. The molecule has 0 spiro atoms. The lowest BCUT2D eigenvalue weighted by Crippen LogP contribution is -2.41. The maximum atomic E-state index is 11.1. The van der Waals surface area contributed by atoms with Gasteiger partial charge >= 0.3 is 0 Å². The smallest absolute Gasteiger partial charge is 0.193 e. The average Bonchev–Trinajstić information content (AvgIpc) is 2.83. The van der Waals surface area contributed by atoms with Crippen molar-refractivity contribution in [3.05, 3.63) is 22.4 Å². The van der Waals surface area contributed by atoms with Crippen molar-refractivity contribution in [3.8, 4) is 0 Å². The van der Waals surface area contributed by atoms with E-state index in [4.69, 9.17) is 0 Å². The molecule has 0 amide bonds. The highest BCUT2D eigenvalue weighted by molar-refractivity contribution is 14.0. The zero-order valence-electron chi connectivity index (χ0n) is 12.0. The molecule has 0 fully saturated rings. The van der Waals surface area contributed by atoms with Crippen molar-refractivity contribution in [1.29, 1.82) is 0 Å². The molecule has 0 saturated heterocycles. The van der Waals surface area contributed by atoms with E-state index in [1.165, 1.54) is 11.1 Å². The van der Waals surface area contributed by atoms with Crippen molar-refractivity contribution in [3.63, 3.8) is 0 Å². The van der Waals surface area contributed by atoms with Gasteiger partial charge in [-0.1, -0.05) is 6.07 Å². The Hall–Kier alpha value is -0.350. The summed E-state index contributed by atoms with van der Waals surface area (Å²) in [5.41, 5.74) is 0. The van der Waals surface area contributed by atoms with Crippen molar-refractivity contribution in [2.24, 2.45) is 4.99 Å². The molecule has 0 aliphatic heterocycles. The zero-order valence-corrected chi connectivity index (χ0v) is 16.0. The molecule has 1 N–H and O–H groups in total. The van der Waals surface area contributed by atoms with Gasteiger partial charge in [0.05, 0.1) is 5.75 Å². The second kappa shape index (κ2) is 9.56. The molecule has 0 saturated carbocycles. The average molecular weight is 431 g/mol. The molecule has 0 aliphatic rings. The van der Waals surface area contributed by atoms with Crippen LogP contribution < -0.4 is 5.32 Å². The lowest BCUT2D eigenvalue weighted by molar-refractivity contribution is 0.488. The summed E-state index contributed by atoms with van der Waals surface area (Å²) < 4.78 is 22.1. The first-order valence-corrected chi connectivity index (χ1v) is 8.98. The van der Waals surface area contributed by atoms with Crippen LogP contribution >= 0.6 is 35.3 Å². The number of likely N-dealkylation sites (N-methyl/N-ethyl adjacent to an activating group) is 1. The summed E-state index contributed by atoms with van der Waals surface area (Å²) in [4.78, 5) is 7.48. The summed E-state index contributed by atoms with van der Waals surface area (Å²) in [7, 11) is 0.711. The molecule has 116 valence electrons. The fourth-order valence-electron chi connectivity index (χ4n) is 1.57. The predicted octanol–water partition coefficient (Wildman–Crippen LogP) is 1.46. The van der Waals surface area contributed by atoms with Crippen LogP contribution in [0.3, 0.4) is 0 Å². The number of rotatable bonds is 6. The number of thiophene rings is 1. The largest absolute Gasteiger partial charge is 0.355 e. The molecular formula is C12H22IN3O2S2. The maximum Gasteiger partial charge on any atom is 0.193 e. The molecule has 0 bridgehead atoms. The van der Waals surface area contributed by atoms with Crippen LogP contribution in [-0.2, 0) is 16.3 Å². The lowest BCUT2D eigenvalue weighted by Gasteiger charge is -2.21. The van der Waals surface area contributed by atoms with Crippen LogP contribution in [-0.4, -0.2) is 58.5 Å². The third kappa shape index (κ3) is 8.05. The van der Waals surface area contributed by atoms with Crippen LogP contribution in [0.1, 0.15) is 4.88 Å². The van der Waals surface area contributed by atoms with E-state index >= 15 is 0 Å². The number of sulfone groups is 1. The Balaban J connectivity index is 0.00000361. The van der Waals surface area contributed by atoms with E-state index in [9.17, 15) is 8.42 Å². The first-order chi connectivity index (χ1) is 8.92. The molecule has 0 aromatic carbocycles. The molecule has 5 nitrogen and oxygen atoms in total. The first kappa shape index (κ1) is 19.7. The molecule has 1 rings (SSSR count). The minimum Gasteiger partial charge on any atom is -0.355 e. The van der Waals surface area contributed by atoms with E-state index in [2.05, 4.69) is 21.8 Å². The fourth-order valence-corrected chi connectivity index (χ4v) is 2.74. The zero-order chi connectivity index (χ0) is 14.3. The topological polar surface area (TPSA) is 61.8 Å². The lowest BCUT2D eigenvalue weighted by atomic mass is 10.3. The van der Waals surface area contributed by atoms with Gasteiger partial charge < -0.3 is 10.2 Å². The van der Waals surface area contributed by atoms with Crippen molar-refractivity contribution in [1.82, 2.24) is 10.2 Å². The van der Waals surface area contributed by atoms with Crippen molar-refractivity contribution >= 4 is 51.1 Å². The number of nitrogens with one attached hydrogen (secondary N) is 1. The summed E-state index contributed by atoms with van der Waals surface area (Å²) in [5, 5.41) is 5.12. The minimum absolute atomic E-state index is 0. The quantitative estimate of drug-likeness (QED) is 0.421. The number of nitrogens with zero attached hydrogens (tertiary/aromatic N) is 2. The summed E-state index contributed by atoms with van der Waals surface area (Å²) in [5.74, 6) is 0.838. The molecule has 8 heteroatoms. The standard InChI is InChI=1S/C12H21N3O2S2.HI/c1-13-12(14-7-10-19(3,16)17)15(2)8-6-11-5-4-9-18-11;/h4-5,9H,6-8,10H2,1-3H3,(H,13,14);1H. The van der Waals surface area contributed by atoms with Gasteiger partial charge in [0.25, 0.3) is 0 Å². The second-order valence-electron chi connectivity index (χ2n) is 4.35. The summed E-state index contributed by atoms with van der Waals surface area (Å²) in [6.07, 6.45) is 2.19. The molecule has 0 unspecified atom stereocenters. The maximum absolute atomic E-state index is 11.1. The SMILES string of the molecule is CN=C(NCCS(C)(=O)=O)N(C)CCc1cccs1.I. The van der Waals surface area contributed by atoms with Gasteiger partial charge in [0.2, 0.25) is 0 Å². The summed E-state index contributed by atoms with van der Waals surface area (Å²) in [6.45, 7) is 1.23. The van der Waals surface area contributed by atoms with Gasteiger partial charge in [-0.15, -0.1) is 35.3 Å². The van der Waals surface area contributed by atoms with Crippen molar-refractivity contribution < 1.29 is 8.42 Å². The van der Waals surface area contributed by atoms with E-state index in [1.54, 1.807) is 18.4 Å². The van der Waals surface area contributed by atoms with Crippen LogP contribution in [0.25, 0.3) is 0 Å². The third-order valence-corrected chi connectivity index (χ3v) is 4.48. The molecule has 20 heavy (non-hydrogen) atoms. The van der Waals surface area contributed by atoms with Gasteiger partial charge in [-0.05, 0) is 17.9 Å². The molecule has 0 radical (unpaired) electrons. The van der Waals surface area contributed by atoms with Crippen LogP contribution in [0.2, 0.25) is 0 Å². The third-order valence-electron chi connectivity index (χ3n) is 2.60. The fraction of sp³-hybridized carbons (Fsp3) is 0.583. The summed E-state index contributed by atoms with van der Waals surface area (Å²) >= 11 is 1.74. The Morgan fingerprint density at radius 1 is 1.50 bits per heavy atom. The minimum atomic E-state index is -2.94. The number of guanidine groups is 1. The molecule has 1 aromatic heterocycles. The van der Waals surface area contributed by atoms with E-state index in [0.29, 0.717) is 6.54 Å². The molecule has 0 aliphatic carbocycles. The van der Waals surface area contributed by atoms with E-state index < -0.39 is 9.84 Å². The van der Waals surface area contributed by atoms with Gasteiger partial charge in [0.15, 0.2) is 5.96 Å². The number of hydrogen-bond donors (Lipinski definition) is 1. The molecule has 1 aromatic rings. The Morgan fingerprint density at radius 2 is 2.20 bits per heavy atom. The normalized spacial score (nSPS) is 11.8. The van der Waals surface area contributed by atoms with Crippen molar-refractivity contribution in [2.75, 3.05) is 39.2 Å². The van der Waals surface area contributed by atoms with Crippen molar-refractivity contribution in [2.45, 2.75) is 6.42 Å². The summed E-state index contributed by atoms with van der Waals surface area (Å²) in [6, 6.07) is 4.15. The van der Waals surface area contributed by atoms with Gasteiger partial charge in [0.1, 0.15) is 9.84 Å². The van der Waals surface area contributed by atoms with Gasteiger partial charge in [-0.3, -0.25) is 4.99 Å². The van der Waals surface area contributed by atoms with E-state index in [-0.39, 0.29) is 29.7 Å². The van der Waals surface area contributed by atoms with E-state index in [0.717, 1.165) is 18.9 Å². The van der Waals surface area contributed by atoms with Crippen LogP contribution in [0.5, 0.6) is 0 Å².